The Hall–Kier alpha value is -3.14. The normalized spacial score (nSPS) is 10.4. The molecule has 0 spiro atoms. The Balaban J connectivity index is 1.81. The van der Waals surface area contributed by atoms with Gasteiger partial charge in [-0.2, -0.15) is 0 Å². The summed E-state index contributed by atoms with van der Waals surface area (Å²) in [6.45, 7) is 4.25. The number of aromatic nitrogens is 1. The molecule has 0 saturated carbocycles. The predicted molar refractivity (Wildman–Crippen MR) is 101 cm³/mol. The van der Waals surface area contributed by atoms with Crippen molar-refractivity contribution in [2.45, 2.75) is 6.42 Å². The van der Waals surface area contributed by atoms with Crippen LogP contribution in [0.3, 0.4) is 0 Å². The summed E-state index contributed by atoms with van der Waals surface area (Å²) in [7, 11) is 1.76. The maximum Gasteiger partial charge on any atom is 0.258 e. The van der Waals surface area contributed by atoms with Gasteiger partial charge in [0.2, 0.25) is 0 Å². The molecule has 1 aromatic heterocycles. The first-order valence-electron chi connectivity index (χ1n) is 8.15. The van der Waals surface area contributed by atoms with Crippen molar-refractivity contribution in [2.24, 2.45) is 0 Å². The van der Waals surface area contributed by atoms with Gasteiger partial charge in [-0.3, -0.25) is 9.78 Å². The molecule has 2 aromatic carbocycles. The van der Waals surface area contributed by atoms with E-state index < -0.39 is 0 Å². The lowest BCUT2D eigenvalue weighted by Gasteiger charge is -2.18. The molecule has 25 heavy (non-hydrogen) atoms. The number of carbonyl (C=O) groups excluding carboxylic acids is 1. The van der Waals surface area contributed by atoms with Crippen molar-refractivity contribution in [1.82, 2.24) is 4.98 Å². The highest BCUT2D eigenvalue weighted by atomic mass is 16.5. The molecule has 126 valence electrons. The predicted octanol–water partition coefficient (Wildman–Crippen LogP) is 4.47. The quantitative estimate of drug-likeness (QED) is 0.494. The lowest BCUT2D eigenvalue weighted by atomic mass is 10.1. The number of amides is 1. The number of carbonyl (C=O) groups is 1. The lowest BCUT2D eigenvalue weighted by Crippen LogP contribution is -2.26. The molecule has 0 saturated heterocycles. The first-order valence-corrected chi connectivity index (χ1v) is 8.15. The Morgan fingerprint density at radius 3 is 2.92 bits per heavy atom. The summed E-state index contributed by atoms with van der Waals surface area (Å²) in [4.78, 5) is 18.7. The van der Waals surface area contributed by atoms with Crippen molar-refractivity contribution in [1.29, 1.82) is 0 Å². The lowest BCUT2D eigenvalue weighted by molar-refractivity contribution is 0.0993. The molecule has 0 bridgehead atoms. The Morgan fingerprint density at radius 2 is 2.08 bits per heavy atom. The molecule has 1 amide bonds. The molecule has 3 rings (SSSR count). The number of benzene rings is 2. The maximum atomic E-state index is 12.8. The van der Waals surface area contributed by atoms with Crippen LogP contribution in [-0.4, -0.2) is 24.5 Å². The van der Waals surface area contributed by atoms with E-state index in [1.807, 2.05) is 54.6 Å². The monoisotopic (exact) mass is 332 g/mol. The SMILES string of the molecule is C=CCCOc1cccc(N(C)C(=O)c2ccc3ncccc3c2)c1. The van der Waals surface area contributed by atoms with Crippen molar-refractivity contribution < 1.29 is 9.53 Å². The third kappa shape index (κ3) is 3.86. The number of nitrogens with zero attached hydrogens (tertiary/aromatic N) is 2. The Bertz CT molecular complexity index is 905. The minimum atomic E-state index is -0.0750. The van der Waals surface area contributed by atoms with E-state index >= 15 is 0 Å². The highest BCUT2D eigenvalue weighted by molar-refractivity contribution is 6.07. The standard InChI is InChI=1S/C21H20N2O2/c1-3-4-13-25-19-9-5-8-18(15-19)23(2)21(24)17-10-11-20-16(14-17)7-6-12-22-20/h3,5-12,14-15H,1,4,13H2,2H3. The van der Waals surface area contributed by atoms with E-state index in [1.165, 1.54) is 0 Å². The van der Waals surface area contributed by atoms with Gasteiger partial charge in [0.15, 0.2) is 0 Å². The zero-order valence-corrected chi connectivity index (χ0v) is 14.2. The Kier molecular flexibility index (Phi) is 5.09. The van der Waals surface area contributed by atoms with Gasteiger partial charge in [0.1, 0.15) is 5.75 Å². The fourth-order valence-electron chi connectivity index (χ4n) is 2.56. The van der Waals surface area contributed by atoms with Gasteiger partial charge in [-0.15, -0.1) is 6.58 Å². The Morgan fingerprint density at radius 1 is 1.20 bits per heavy atom. The summed E-state index contributed by atoms with van der Waals surface area (Å²) >= 11 is 0. The van der Waals surface area contributed by atoms with Gasteiger partial charge in [0.25, 0.3) is 5.91 Å². The van der Waals surface area contributed by atoms with Crippen LogP contribution in [0.4, 0.5) is 5.69 Å². The smallest absolute Gasteiger partial charge is 0.258 e. The molecular weight excluding hydrogens is 312 g/mol. The number of pyridine rings is 1. The van der Waals surface area contributed by atoms with E-state index in [-0.39, 0.29) is 5.91 Å². The van der Waals surface area contributed by atoms with E-state index in [9.17, 15) is 4.79 Å². The number of hydrogen-bond donors (Lipinski definition) is 0. The first-order chi connectivity index (χ1) is 12.2. The van der Waals surface area contributed by atoms with Crippen molar-refractivity contribution in [3.05, 3.63) is 79.0 Å². The topological polar surface area (TPSA) is 42.4 Å². The molecule has 0 N–H and O–H groups in total. The zero-order valence-electron chi connectivity index (χ0n) is 14.2. The van der Waals surface area contributed by atoms with E-state index in [1.54, 1.807) is 24.2 Å². The van der Waals surface area contributed by atoms with Gasteiger partial charge in [-0.25, -0.2) is 0 Å². The summed E-state index contributed by atoms with van der Waals surface area (Å²) < 4.78 is 5.66. The van der Waals surface area contributed by atoms with E-state index in [0.29, 0.717) is 12.2 Å². The van der Waals surface area contributed by atoms with Gasteiger partial charge in [-0.1, -0.05) is 18.2 Å². The molecule has 3 aromatic rings. The molecular formula is C21H20N2O2. The fraction of sp³-hybridized carbons (Fsp3) is 0.143. The number of ether oxygens (including phenoxy) is 1. The van der Waals surface area contributed by atoms with Crippen LogP contribution < -0.4 is 9.64 Å². The molecule has 0 unspecified atom stereocenters. The third-order valence-electron chi connectivity index (χ3n) is 3.95. The molecule has 0 aliphatic heterocycles. The molecule has 1 heterocycles. The summed E-state index contributed by atoms with van der Waals surface area (Å²) in [5.41, 5.74) is 2.28. The number of rotatable bonds is 6. The molecule has 0 atom stereocenters. The van der Waals surface area contributed by atoms with Gasteiger partial charge in [0, 0.05) is 35.9 Å². The summed E-state index contributed by atoms with van der Waals surface area (Å²) in [6, 6.07) is 16.9. The van der Waals surface area contributed by atoms with E-state index in [4.69, 9.17) is 4.74 Å². The van der Waals surface area contributed by atoms with Gasteiger partial charge < -0.3 is 9.64 Å². The zero-order chi connectivity index (χ0) is 17.6. The van der Waals surface area contributed by atoms with Crippen LogP contribution in [0.2, 0.25) is 0 Å². The molecule has 4 heteroatoms. The van der Waals surface area contributed by atoms with Gasteiger partial charge in [0.05, 0.1) is 12.1 Å². The van der Waals surface area contributed by atoms with Crippen LogP contribution in [0.15, 0.2) is 73.4 Å². The summed E-state index contributed by atoms with van der Waals surface area (Å²) in [6.07, 6.45) is 4.34. The fourth-order valence-corrected chi connectivity index (χ4v) is 2.56. The molecule has 4 nitrogen and oxygen atoms in total. The number of hydrogen-bond acceptors (Lipinski definition) is 3. The van der Waals surface area contributed by atoms with E-state index in [0.717, 1.165) is 28.8 Å². The first kappa shape index (κ1) is 16.7. The Labute approximate surface area is 147 Å². The second-order valence-electron chi connectivity index (χ2n) is 5.70. The van der Waals surface area contributed by atoms with Gasteiger partial charge in [-0.05, 0) is 42.8 Å². The van der Waals surface area contributed by atoms with Crippen LogP contribution in [0.25, 0.3) is 10.9 Å². The van der Waals surface area contributed by atoms with Crippen LogP contribution >= 0.6 is 0 Å². The van der Waals surface area contributed by atoms with Gasteiger partial charge >= 0.3 is 0 Å². The minimum Gasteiger partial charge on any atom is -0.493 e. The largest absolute Gasteiger partial charge is 0.493 e. The summed E-state index contributed by atoms with van der Waals surface area (Å²) in [5.74, 6) is 0.663. The van der Waals surface area contributed by atoms with Crippen molar-refractivity contribution in [2.75, 3.05) is 18.6 Å². The molecule has 0 radical (unpaired) electrons. The average molecular weight is 332 g/mol. The molecule has 0 aliphatic carbocycles. The second kappa shape index (κ2) is 7.62. The third-order valence-corrected chi connectivity index (χ3v) is 3.95. The van der Waals surface area contributed by atoms with Crippen molar-refractivity contribution >= 4 is 22.5 Å². The minimum absolute atomic E-state index is 0.0750. The summed E-state index contributed by atoms with van der Waals surface area (Å²) in [5, 5.41) is 0.947. The maximum absolute atomic E-state index is 12.8. The van der Waals surface area contributed by atoms with Crippen molar-refractivity contribution in [3.63, 3.8) is 0 Å². The van der Waals surface area contributed by atoms with Crippen LogP contribution in [0.1, 0.15) is 16.8 Å². The van der Waals surface area contributed by atoms with Crippen molar-refractivity contribution in [3.8, 4) is 5.75 Å². The molecule has 0 fully saturated rings. The van der Waals surface area contributed by atoms with Crippen LogP contribution in [0.5, 0.6) is 5.75 Å². The number of anilines is 1. The van der Waals surface area contributed by atoms with E-state index in [2.05, 4.69) is 11.6 Å². The number of fused-ring (bicyclic) bond motifs is 1. The van der Waals surface area contributed by atoms with Crippen LogP contribution in [0, 0.1) is 0 Å². The second-order valence-corrected chi connectivity index (χ2v) is 5.70. The molecule has 0 aliphatic rings. The highest BCUT2D eigenvalue weighted by Crippen LogP contribution is 2.23. The highest BCUT2D eigenvalue weighted by Gasteiger charge is 2.14. The average Bonchev–Trinajstić information content (AvgIpc) is 2.67. The van der Waals surface area contributed by atoms with Crippen LogP contribution in [-0.2, 0) is 0 Å².